The molecule has 2 aromatic carbocycles. The first-order valence-electron chi connectivity index (χ1n) is 13.3. The number of aryl methyl sites for hydroxylation is 1. The van der Waals surface area contributed by atoms with Crippen molar-refractivity contribution in [2.24, 2.45) is 0 Å². The fourth-order valence-corrected chi connectivity index (χ4v) is 6.52. The number of quaternary nitrogens is 1. The molecule has 0 bridgehead atoms. The number of nitrogens with one attached hydrogen (secondary N) is 1. The number of carbonyl (C=O) groups is 1. The topological polar surface area (TPSA) is 58.6 Å². The van der Waals surface area contributed by atoms with Gasteiger partial charge in [-0.1, -0.05) is 48.9 Å². The van der Waals surface area contributed by atoms with Crippen LogP contribution in [0.15, 0.2) is 54.6 Å². The van der Waals surface area contributed by atoms with Crippen LogP contribution in [0.1, 0.15) is 62.5 Å². The van der Waals surface area contributed by atoms with Crippen LogP contribution in [0.5, 0.6) is 5.75 Å². The van der Waals surface area contributed by atoms with Crippen LogP contribution in [0.25, 0.3) is 0 Å². The molecule has 5 heteroatoms. The van der Waals surface area contributed by atoms with Gasteiger partial charge in [0.15, 0.2) is 0 Å². The molecule has 2 aliphatic rings. The summed E-state index contributed by atoms with van der Waals surface area (Å²) >= 11 is 0. The van der Waals surface area contributed by atoms with Gasteiger partial charge in [0.25, 0.3) is 0 Å². The van der Waals surface area contributed by atoms with Gasteiger partial charge in [-0.2, -0.15) is 0 Å². The lowest BCUT2D eigenvalue weighted by atomic mass is 9.55. The van der Waals surface area contributed by atoms with E-state index in [0.717, 1.165) is 73.8 Å². The second-order valence-electron chi connectivity index (χ2n) is 11.5. The number of likely N-dealkylation sites (N-methyl/N-ethyl adjacent to an activating group) is 1. The highest BCUT2D eigenvalue weighted by atomic mass is 16.5. The van der Waals surface area contributed by atoms with E-state index >= 15 is 0 Å². The normalized spacial score (nSPS) is 27.6. The van der Waals surface area contributed by atoms with Crippen LogP contribution in [-0.2, 0) is 16.6 Å². The predicted octanol–water partition coefficient (Wildman–Crippen LogP) is 4.62. The Labute approximate surface area is 211 Å². The third-order valence-electron chi connectivity index (χ3n) is 8.43. The third kappa shape index (κ3) is 5.90. The van der Waals surface area contributed by atoms with Gasteiger partial charge in [-0.15, -0.1) is 0 Å². The zero-order valence-corrected chi connectivity index (χ0v) is 21.8. The molecule has 0 spiro atoms. The van der Waals surface area contributed by atoms with Crippen molar-refractivity contribution >= 4 is 5.91 Å². The number of hydrogen-bond acceptors (Lipinski definition) is 3. The number of rotatable bonds is 9. The SMILES string of the molecule is COc1cccc([C@@]23CC[N+](C)(C)C[C@@]2(O)CC[C@H](NC(=O)CCCCCc2ccccc2)C3)c1. The van der Waals surface area contributed by atoms with E-state index in [9.17, 15) is 9.90 Å². The van der Waals surface area contributed by atoms with Crippen molar-refractivity contribution < 1.29 is 19.1 Å². The van der Waals surface area contributed by atoms with Gasteiger partial charge >= 0.3 is 0 Å². The van der Waals surface area contributed by atoms with Gasteiger partial charge in [-0.3, -0.25) is 4.79 Å². The van der Waals surface area contributed by atoms with Crippen molar-refractivity contribution in [2.75, 3.05) is 34.3 Å². The van der Waals surface area contributed by atoms with Crippen molar-refractivity contribution in [1.82, 2.24) is 5.32 Å². The number of aliphatic hydroxyl groups is 1. The van der Waals surface area contributed by atoms with Gasteiger partial charge in [0.2, 0.25) is 5.91 Å². The number of hydrogen-bond donors (Lipinski definition) is 2. The average molecular weight is 480 g/mol. The Morgan fingerprint density at radius 2 is 1.89 bits per heavy atom. The Morgan fingerprint density at radius 1 is 1.09 bits per heavy atom. The molecule has 3 atom stereocenters. The van der Waals surface area contributed by atoms with Gasteiger partial charge in [0.1, 0.15) is 17.9 Å². The summed E-state index contributed by atoms with van der Waals surface area (Å²) in [4.78, 5) is 12.8. The van der Waals surface area contributed by atoms with Crippen LogP contribution in [0.2, 0.25) is 0 Å². The molecule has 2 fully saturated rings. The van der Waals surface area contributed by atoms with Gasteiger partial charge in [0.05, 0.1) is 27.7 Å². The molecule has 0 unspecified atom stereocenters. The van der Waals surface area contributed by atoms with E-state index < -0.39 is 5.60 Å². The van der Waals surface area contributed by atoms with Crippen LogP contribution in [-0.4, -0.2) is 61.4 Å². The number of benzene rings is 2. The number of amides is 1. The summed E-state index contributed by atoms with van der Waals surface area (Å²) in [6.07, 6.45) is 7.94. The summed E-state index contributed by atoms with van der Waals surface area (Å²) in [6, 6.07) is 18.8. The van der Waals surface area contributed by atoms with Gasteiger partial charge in [-0.05, 0) is 61.8 Å². The second kappa shape index (κ2) is 10.7. The maximum Gasteiger partial charge on any atom is 0.220 e. The maximum absolute atomic E-state index is 12.8. The van der Waals surface area contributed by atoms with Crippen molar-refractivity contribution in [3.8, 4) is 5.75 Å². The molecule has 0 aromatic heterocycles. The minimum atomic E-state index is -0.792. The summed E-state index contributed by atoms with van der Waals surface area (Å²) in [5.74, 6) is 0.966. The third-order valence-corrected chi connectivity index (χ3v) is 8.43. The van der Waals surface area contributed by atoms with Crippen LogP contribution in [0, 0.1) is 0 Å². The van der Waals surface area contributed by atoms with E-state index in [0.29, 0.717) is 12.8 Å². The smallest absolute Gasteiger partial charge is 0.220 e. The highest BCUT2D eigenvalue weighted by Gasteiger charge is 2.60. The van der Waals surface area contributed by atoms with Crippen LogP contribution in [0.3, 0.4) is 0 Å². The first-order chi connectivity index (χ1) is 16.8. The molecule has 1 amide bonds. The Morgan fingerprint density at radius 3 is 2.66 bits per heavy atom. The zero-order chi connectivity index (χ0) is 24.9. The Balaban J connectivity index is 1.38. The van der Waals surface area contributed by atoms with Gasteiger partial charge in [0, 0.05) is 24.3 Å². The lowest BCUT2D eigenvalue weighted by molar-refractivity contribution is -0.905. The predicted molar refractivity (Wildman–Crippen MR) is 140 cm³/mol. The summed E-state index contributed by atoms with van der Waals surface area (Å²) in [5, 5.41) is 15.4. The first kappa shape index (κ1) is 25.7. The van der Waals surface area contributed by atoms with Gasteiger partial charge < -0.3 is 19.6 Å². The number of piperidine rings is 1. The molecule has 4 rings (SSSR count). The molecule has 2 aromatic rings. The molecule has 1 heterocycles. The monoisotopic (exact) mass is 479 g/mol. The highest BCUT2D eigenvalue weighted by Crippen LogP contribution is 2.52. The number of fused-ring (bicyclic) bond motifs is 1. The lowest BCUT2D eigenvalue weighted by Gasteiger charge is -2.58. The Kier molecular flexibility index (Phi) is 7.87. The number of nitrogens with zero attached hydrogens (tertiary/aromatic N) is 1. The average Bonchev–Trinajstić information content (AvgIpc) is 2.84. The fourth-order valence-electron chi connectivity index (χ4n) is 6.52. The second-order valence-corrected chi connectivity index (χ2v) is 11.5. The Bertz CT molecular complexity index is 992. The summed E-state index contributed by atoms with van der Waals surface area (Å²) < 4.78 is 6.35. The number of methoxy groups -OCH3 is 1. The fraction of sp³-hybridized carbons (Fsp3) is 0.567. The van der Waals surface area contributed by atoms with Crippen molar-refractivity contribution in [2.45, 2.75) is 74.8 Å². The van der Waals surface area contributed by atoms with Crippen molar-refractivity contribution in [1.29, 1.82) is 0 Å². The van der Waals surface area contributed by atoms with E-state index in [2.05, 4.69) is 55.8 Å². The van der Waals surface area contributed by atoms with Gasteiger partial charge in [-0.25, -0.2) is 0 Å². The molecule has 1 aliphatic heterocycles. The molecular formula is C30H43N2O3+. The van der Waals surface area contributed by atoms with E-state index in [1.165, 1.54) is 5.56 Å². The molecule has 5 nitrogen and oxygen atoms in total. The standard InChI is InChI=1S/C30H42N2O3/c1-32(2)20-19-29(25-14-10-15-27(21-25)35-3)22-26(17-18-30(29,34)23-32)31-28(33)16-9-5-8-13-24-11-6-4-7-12-24/h4,6-7,10-12,14-15,21,26,34H,5,8-9,13,16-20,22-23H2,1-3H3/p+1/t26-,29-,30-/m0/s1. The molecule has 190 valence electrons. The number of carbonyl (C=O) groups excluding carboxylic acids is 1. The molecule has 2 N–H and O–H groups in total. The van der Waals surface area contributed by atoms with Crippen molar-refractivity contribution in [3.05, 3.63) is 65.7 Å². The minimum absolute atomic E-state index is 0.0898. The largest absolute Gasteiger partial charge is 0.497 e. The first-order valence-corrected chi connectivity index (χ1v) is 13.3. The molecule has 1 saturated carbocycles. The van der Waals surface area contributed by atoms with E-state index in [1.807, 2.05) is 18.2 Å². The summed E-state index contributed by atoms with van der Waals surface area (Å²) in [7, 11) is 6.10. The summed E-state index contributed by atoms with van der Waals surface area (Å²) in [6.45, 7) is 1.73. The van der Waals surface area contributed by atoms with Crippen molar-refractivity contribution in [3.63, 3.8) is 0 Å². The van der Waals surface area contributed by atoms with E-state index in [1.54, 1.807) is 7.11 Å². The Hall–Kier alpha value is -2.37. The lowest BCUT2D eigenvalue weighted by Crippen LogP contribution is -2.70. The molecule has 1 saturated heterocycles. The highest BCUT2D eigenvalue weighted by molar-refractivity contribution is 5.76. The molecular weight excluding hydrogens is 436 g/mol. The molecule has 35 heavy (non-hydrogen) atoms. The minimum Gasteiger partial charge on any atom is -0.497 e. The van der Waals surface area contributed by atoms with Crippen LogP contribution in [0.4, 0.5) is 0 Å². The molecule has 0 radical (unpaired) electrons. The van der Waals surface area contributed by atoms with Crippen LogP contribution >= 0.6 is 0 Å². The van der Waals surface area contributed by atoms with E-state index in [-0.39, 0.29) is 17.4 Å². The van der Waals surface area contributed by atoms with Crippen LogP contribution < -0.4 is 10.1 Å². The molecule has 1 aliphatic carbocycles. The maximum atomic E-state index is 12.8. The summed E-state index contributed by atoms with van der Waals surface area (Å²) in [5.41, 5.74) is 1.34. The number of unbranched alkanes of at least 4 members (excludes halogenated alkanes) is 2. The van der Waals surface area contributed by atoms with E-state index in [4.69, 9.17) is 4.74 Å². The zero-order valence-electron chi connectivity index (χ0n) is 21.8. The quantitative estimate of drug-likeness (QED) is 0.408. The number of ether oxygens (including phenoxy) is 1. The number of likely N-dealkylation sites (tertiary alicyclic amines) is 1.